The lowest BCUT2D eigenvalue weighted by atomic mass is 10.1. The first-order chi connectivity index (χ1) is 13.3. The van der Waals surface area contributed by atoms with Crippen LogP contribution in [-0.4, -0.2) is 30.4 Å². The normalized spacial score (nSPS) is 10.8. The Balaban J connectivity index is 1.89. The number of phenolic OH excluding ortho intramolecular Hbond substituents is 1. The highest BCUT2D eigenvalue weighted by molar-refractivity contribution is 7.99. The molecule has 4 rings (SSSR count). The minimum atomic E-state index is 0.163. The monoisotopic (exact) mass is 373 g/mol. The predicted octanol–water partition coefficient (Wildman–Crippen LogP) is 4.17. The second-order valence-electron chi connectivity index (χ2n) is 5.77. The van der Waals surface area contributed by atoms with Crippen LogP contribution in [0.15, 0.2) is 65.8 Å². The molecule has 0 aliphatic carbocycles. The van der Waals surface area contributed by atoms with Crippen molar-refractivity contribution in [2.75, 3.05) is 5.75 Å². The van der Waals surface area contributed by atoms with Gasteiger partial charge in [-0.3, -0.25) is 0 Å². The fourth-order valence-corrected chi connectivity index (χ4v) is 3.40. The summed E-state index contributed by atoms with van der Waals surface area (Å²) in [6.45, 7) is 0. The lowest BCUT2D eigenvalue weighted by Gasteiger charge is -2.08. The molecule has 0 fully saturated rings. The summed E-state index contributed by atoms with van der Waals surface area (Å²) in [6, 6.07) is 21.0. The van der Waals surface area contributed by atoms with Crippen molar-refractivity contribution in [3.05, 3.63) is 60.7 Å². The van der Waals surface area contributed by atoms with Crippen LogP contribution in [0.3, 0.4) is 0 Å². The van der Waals surface area contributed by atoms with Crippen molar-refractivity contribution >= 4 is 17.5 Å². The standard InChI is InChI=1S/C20H15N5OS/c21-11-6-12-27-20-23-19-22-16(15-9-4-5-10-18(15)26)13-17(25(19)24-20)14-7-2-1-3-8-14/h1-5,7-10,13,26H,6,12H2. The van der Waals surface area contributed by atoms with Gasteiger partial charge < -0.3 is 5.11 Å². The molecule has 0 spiro atoms. The number of hydrogen-bond donors (Lipinski definition) is 1. The number of benzene rings is 2. The Hall–Kier alpha value is -3.37. The summed E-state index contributed by atoms with van der Waals surface area (Å²) in [7, 11) is 0. The first-order valence-corrected chi connectivity index (χ1v) is 9.36. The third kappa shape index (κ3) is 3.48. The van der Waals surface area contributed by atoms with Gasteiger partial charge in [0.15, 0.2) is 0 Å². The second-order valence-corrected chi connectivity index (χ2v) is 6.83. The highest BCUT2D eigenvalue weighted by atomic mass is 32.2. The van der Waals surface area contributed by atoms with Gasteiger partial charge in [-0.2, -0.15) is 14.8 Å². The molecule has 0 saturated heterocycles. The lowest BCUT2D eigenvalue weighted by Crippen LogP contribution is -1.99. The van der Waals surface area contributed by atoms with E-state index in [1.807, 2.05) is 48.5 Å². The molecule has 7 heteroatoms. The molecule has 2 aromatic heterocycles. The van der Waals surface area contributed by atoms with Crippen LogP contribution in [0.5, 0.6) is 5.75 Å². The molecule has 4 aromatic rings. The van der Waals surface area contributed by atoms with Crippen LogP contribution < -0.4 is 0 Å². The molecule has 0 atom stereocenters. The zero-order valence-corrected chi connectivity index (χ0v) is 15.1. The van der Waals surface area contributed by atoms with Crippen molar-refractivity contribution in [2.45, 2.75) is 11.6 Å². The average Bonchev–Trinajstić information content (AvgIpc) is 3.11. The lowest BCUT2D eigenvalue weighted by molar-refractivity contribution is 0.477. The molecule has 6 nitrogen and oxygen atoms in total. The molecule has 0 amide bonds. The number of aromatic nitrogens is 4. The molecule has 0 bridgehead atoms. The topological polar surface area (TPSA) is 87.1 Å². The Morgan fingerprint density at radius 3 is 2.59 bits per heavy atom. The molecular formula is C20H15N5OS. The zero-order chi connectivity index (χ0) is 18.6. The van der Waals surface area contributed by atoms with Gasteiger partial charge in [-0.05, 0) is 18.2 Å². The molecule has 2 aromatic carbocycles. The Labute approximate surface area is 160 Å². The second kappa shape index (κ2) is 7.48. The van der Waals surface area contributed by atoms with Crippen molar-refractivity contribution in [3.8, 4) is 34.3 Å². The van der Waals surface area contributed by atoms with E-state index in [0.29, 0.717) is 34.4 Å². The van der Waals surface area contributed by atoms with Crippen molar-refractivity contribution < 1.29 is 5.11 Å². The number of phenols is 1. The molecule has 1 N–H and O–H groups in total. The maximum atomic E-state index is 10.2. The Bertz CT molecular complexity index is 1130. The molecule has 0 aliphatic heterocycles. The zero-order valence-electron chi connectivity index (χ0n) is 14.3. The number of thioether (sulfide) groups is 1. The number of nitriles is 1. The fourth-order valence-electron chi connectivity index (χ4n) is 2.74. The first-order valence-electron chi connectivity index (χ1n) is 8.37. The van der Waals surface area contributed by atoms with Crippen LogP contribution in [0.4, 0.5) is 0 Å². The number of fused-ring (bicyclic) bond motifs is 1. The van der Waals surface area contributed by atoms with E-state index in [9.17, 15) is 5.11 Å². The summed E-state index contributed by atoms with van der Waals surface area (Å²) < 4.78 is 1.70. The van der Waals surface area contributed by atoms with E-state index < -0.39 is 0 Å². The summed E-state index contributed by atoms with van der Waals surface area (Å²) in [6.07, 6.45) is 0.433. The van der Waals surface area contributed by atoms with Gasteiger partial charge in [0.05, 0.1) is 17.5 Å². The smallest absolute Gasteiger partial charge is 0.254 e. The molecule has 0 saturated carbocycles. The molecule has 0 unspecified atom stereocenters. The van der Waals surface area contributed by atoms with Crippen molar-refractivity contribution in [3.63, 3.8) is 0 Å². The van der Waals surface area contributed by atoms with Crippen LogP contribution in [0.25, 0.3) is 28.3 Å². The average molecular weight is 373 g/mol. The quantitative estimate of drug-likeness (QED) is 0.417. The van der Waals surface area contributed by atoms with Gasteiger partial charge in [0.2, 0.25) is 5.16 Å². The van der Waals surface area contributed by atoms with E-state index in [1.54, 1.807) is 16.6 Å². The van der Waals surface area contributed by atoms with Crippen LogP contribution in [0.1, 0.15) is 6.42 Å². The Morgan fingerprint density at radius 2 is 1.81 bits per heavy atom. The van der Waals surface area contributed by atoms with Gasteiger partial charge in [-0.1, -0.05) is 54.2 Å². The minimum absolute atomic E-state index is 0.163. The fraction of sp³-hybridized carbons (Fsp3) is 0.100. The van der Waals surface area contributed by atoms with Crippen LogP contribution >= 0.6 is 11.8 Å². The maximum Gasteiger partial charge on any atom is 0.254 e. The van der Waals surface area contributed by atoms with Gasteiger partial charge in [-0.25, -0.2) is 4.98 Å². The molecule has 0 radical (unpaired) electrons. The maximum absolute atomic E-state index is 10.2. The van der Waals surface area contributed by atoms with E-state index in [1.165, 1.54) is 11.8 Å². The first kappa shape index (κ1) is 17.1. The Morgan fingerprint density at radius 1 is 1.04 bits per heavy atom. The van der Waals surface area contributed by atoms with Gasteiger partial charge >= 0.3 is 0 Å². The summed E-state index contributed by atoms with van der Waals surface area (Å²) in [4.78, 5) is 9.09. The number of aromatic hydroxyl groups is 1. The number of rotatable bonds is 5. The van der Waals surface area contributed by atoms with Crippen molar-refractivity contribution in [1.82, 2.24) is 19.6 Å². The van der Waals surface area contributed by atoms with Crippen LogP contribution in [-0.2, 0) is 0 Å². The summed E-state index contributed by atoms with van der Waals surface area (Å²) >= 11 is 1.42. The minimum Gasteiger partial charge on any atom is -0.507 e. The molecule has 132 valence electrons. The van der Waals surface area contributed by atoms with E-state index in [2.05, 4.69) is 21.1 Å². The SMILES string of the molecule is N#CCCSc1nc2nc(-c3ccccc3O)cc(-c3ccccc3)n2n1. The Kier molecular flexibility index (Phi) is 4.73. The van der Waals surface area contributed by atoms with Crippen LogP contribution in [0.2, 0.25) is 0 Å². The number of hydrogen-bond acceptors (Lipinski definition) is 6. The van der Waals surface area contributed by atoms with Crippen molar-refractivity contribution in [2.24, 2.45) is 0 Å². The van der Waals surface area contributed by atoms with Crippen molar-refractivity contribution in [1.29, 1.82) is 5.26 Å². The largest absolute Gasteiger partial charge is 0.507 e. The molecular weight excluding hydrogens is 358 g/mol. The van der Waals surface area contributed by atoms with E-state index >= 15 is 0 Å². The van der Waals surface area contributed by atoms with Gasteiger partial charge in [-0.15, -0.1) is 5.10 Å². The molecule has 0 aliphatic rings. The summed E-state index contributed by atoms with van der Waals surface area (Å²) in [5.41, 5.74) is 3.07. The third-order valence-corrected chi connectivity index (χ3v) is 4.83. The highest BCUT2D eigenvalue weighted by Crippen LogP contribution is 2.31. The van der Waals surface area contributed by atoms with Gasteiger partial charge in [0, 0.05) is 23.3 Å². The summed E-state index contributed by atoms with van der Waals surface area (Å²) in [5.74, 6) is 1.24. The third-order valence-electron chi connectivity index (χ3n) is 3.99. The van der Waals surface area contributed by atoms with Gasteiger partial charge in [0.1, 0.15) is 5.75 Å². The van der Waals surface area contributed by atoms with Crippen LogP contribution in [0, 0.1) is 11.3 Å². The van der Waals surface area contributed by atoms with Gasteiger partial charge in [0.25, 0.3) is 5.78 Å². The van der Waals surface area contributed by atoms with E-state index in [4.69, 9.17) is 5.26 Å². The molecule has 27 heavy (non-hydrogen) atoms. The molecule has 2 heterocycles. The highest BCUT2D eigenvalue weighted by Gasteiger charge is 2.15. The predicted molar refractivity (Wildman–Crippen MR) is 104 cm³/mol. The number of para-hydroxylation sites is 1. The van der Waals surface area contributed by atoms with E-state index in [-0.39, 0.29) is 5.75 Å². The number of nitrogens with zero attached hydrogens (tertiary/aromatic N) is 5. The summed E-state index contributed by atoms with van der Waals surface area (Å²) in [5, 5.41) is 24.1. The van der Waals surface area contributed by atoms with E-state index in [0.717, 1.165) is 11.3 Å².